The van der Waals surface area contributed by atoms with Crippen molar-refractivity contribution in [2.24, 2.45) is 0 Å². The van der Waals surface area contributed by atoms with Crippen LogP contribution < -0.4 is 5.32 Å². The molecule has 1 aromatic carbocycles. The first kappa shape index (κ1) is 13.1. The Morgan fingerprint density at radius 3 is 2.81 bits per heavy atom. The van der Waals surface area contributed by atoms with Crippen LogP contribution >= 0.6 is 11.6 Å². The van der Waals surface area contributed by atoms with E-state index in [1.807, 2.05) is 26.1 Å². The highest BCUT2D eigenvalue weighted by Gasteiger charge is 2.11. The van der Waals surface area contributed by atoms with Gasteiger partial charge < -0.3 is 5.32 Å². The molecule has 0 heterocycles. The molecule has 0 aromatic heterocycles. The van der Waals surface area contributed by atoms with E-state index in [1.165, 1.54) is 11.1 Å². The predicted molar refractivity (Wildman–Crippen MR) is 70.7 cm³/mol. The van der Waals surface area contributed by atoms with Crippen molar-refractivity contribution in [1.82, 2.24) is 5.32 Å². The average molecular weight is 236 g/mol. The number of halogens is 1. The lowest BCUT2D eigenvalue weighted by molar-refractivity contribution is 0.556. The molecule has 0 saturated carbocycles. The summed E-state index contributed by atoms with van der Waals surface area (Å²) in [6.07, 6.45) is 1.92. The maximum absolute atomic E-state index is 6.02. The Balaban J connectivity index is 2.84. The topological polar surface area (TPSA) is 12.0 Å². The van der Waals surface area contributed by atoms with Crippen LogP contribution in [0.25, 0.3) is 0 Å². The summed E-state index contributed by atoms with van der Waals surface area (Å²) in [5.74, 6) is 6.01. The number of rotatable bonds is 4. The normalized spacial score (nSPS) is 11.8. The minimum absolute atomic E-state index is 0.333. The van der Waals surface area contributed by atoms with Gasteiger partial charge in [-0.3, -0.25) is 0 Å². The lowest BCUT2D eigenvalue weighted by Crippen LogP contribution is -2.17. The molecule has 1 unspecified atom stereocenters. The van der Waals surface area contributed by atoms with Crippen LogP contribution in [-0.2, 0) is 0 Å². The summed E-state index contributed by atoms with van der Waals surface area (Å²) in [4.78, 5) is 0. The van der Waals surface area contributed by atoms with E-state index in [4.69, 9.17) is 11.6 Å². The molecule has 16 heavy (non-hydrogen) atoms. The van der Waals surface area contributed by atoms with Crippen molar-refractivity contribution in [3.63, 3.8) is 0 Å². The smallest absolute Gasteiger partial charge is 0.0409 e. The second kappa shape index (κ2) is 6.58. The van der Waals surface area contributed by atoms with Gasteiger partial charge in [-0.25, -0.2) is 0 Å². The summed E-state index contributed by atoms with van der Waals surface area (Å²) < 4.78 is 0. The van der Waals surface area contributed by atoms with E-state index in [0.717, 1.165) is 17.9 Å². The molecular weight excluding hydrogens is 218 g/mol. The van der Waals surface area contributed by atoms with Gasteiger partial charge in [0.25, 0.3) is 0 Å². The van der Waals surface area contributed by atoms with Gasteiger partial charge in [-0.1, -0.05) is 17.7 Å². The first-order valence-corrected chi connectivity index (χ1v) is 5.89. The number of benzene rings is 1. The molecule has 0 fully saturated rings. The molecule has 2 heteroatoms. The summed E-state index contributed by atoms with van der Waals surface area (Å²) in [5, 5.41) is 4.11. The molecule has 86 valence electrons. The van der Waals surface area contributed by atoms with Crippen molar-refractivity contribution in [1.29, 1.82) is 0 Å². The van der Waals surface area contributed by atoms with Crippen LogP contribution in [-0.4, -0.2) is 7.05 Å². The lowest BCUT2D eigenvalue weighted by Gasteiger charge is -2.18. The minimum Gasteiger partial charge on any atom is -0.313 e. The summed E-state index contributed by atoms with van der Waals surface area (Å²) in [7, 11) is 1.98. The third-order valence-corrected chi connectivity index (χ3v) is 2.94. The van der Waals surface area contributed by atoms with Gasteiger partial charge in [0.2, 0.25) is 0 Å². The van der Waals surface area contributed by atoms with Gasteiger partial charge in [0.1, 0.15) is 0 Å². The van der Waals surface area contributed by atoms with Crippen LogP contribution in [0.1, 0.15) is 36.9 Å². The van der Waals surface area contributed by atoms with Gasteiger partial charge in [-0.05, 0) is 50.6 Å². The summed E-state index contributed by atoms with van der Waals surface area (Å²) in [6.45, 7) is 3.99. The highest BCUT2D eigenvalue weighted by molar-refractivity contribution is 6.30. The van der Waals surface area contributed by atoms with Gasteiger partial charge in [-0.15, -0.1) is 11.8 Å². The molecule has 0 aliphatic heterocycles. The molecule has 0 bridgehead atoms. The van der Waals surface area contributed by atoms with E-state index in [0.29, 0.717) is 6.04 Å². The van der Waals surface area contributed by atoms with Crippen LogP contribution in [0.2, 0.25) is 5.02 Å². The molecular formula is C14H18ClN. The third kappa shape index (κ3) is 3.56. The zero-order chi connectivity index (χ0) is 12.0. The van der Waals surface area contributed by atoms with Crippen LogP contribution in [0.5, 0.6) is 0 Å². The number of hydrogen-bond donors (Lipinski definition) is 1. The van der Waals surface area contributed by atoms with E-state index in [-0.39, 0.29) is 0 Å². The van der Waals surface area contributed by atoms with Gasteiger partial charge in [-0.2, -0.15) is 0 Å². The average Bonchev–Trinajstić information content (AvgIpc) is 2.28. The van der Waals surface area contributed by atoms with E-state index >= 15 is 0 Å². The molecule has 1 aromatic rings. The molecule has 1 atom stereocenters. The highest BCUT2D eigenvalue weighted by Crippen LogP contribution is 2.24. The molecule has 1 rings (SSSR count). The fraction of sp³-hybridized carbons (Fsp3) is 0.429. The van der Waals surface area contributed by atoms with Crippen LogP contribution in [0.4, 0.5) is 0 Å². The Bertz CT molecular complexity index is 401. The van der Waals surface area contributed by atoms with E-state index in [9.17, 15) is 0 Å². The molecule has 0 radical (unpaired) electrons. The zero-order valence-corrected chi connectivity index (χ0v) is 10.9. The number of aryl methyl sites for hydroxylation is 1. The molecule has 1 nitrogen and oxygen atoms in total. The molecule has 1 N–H and O–H groups in total. The van der Waals surface area contributed by atoms with Crippen molar-refractivity contribution in [2.75, 3.05) is 7.05 Å². The Hall–Kier alpha value is -0.970. The maximum Gasteiger partial charge on any atom is 0.0409 e. The van der Waals surface area contributed by atoms with Crippen molar-refractivity contribution < 1.29 is 0 Å². The van der Waals surface area contributed by atoms with Crippen molar-refractivity contribution in [3.05, 3.63) is 34.3 Å². The standard InChI is InChI=1S/C14H18ClN/c1-4-5-6-7-14(16-3)13-10-12(15)9-8-11(13)2/h8-10,14,16H,6-7H2,1-3H3. The summed E-state index contributed by atoms with van der Waals surface area (Å²) >= 11 is 6.02. The zero-order valence-electron chi connectivity index (χ0n) is 10.1. The van der Waals surface area contributed by atoms with Gasteiger partial charge in [0.15, 0.2) is 0 Å². The first-order chi connectivity index (χ1) is 7.69. The lowest BCUT2D eigenvalue weighted by atomic mass is 9.98. The summed E-state index contributed by atoms with van der Waals surface area (Å²) in [5.41, 5.74) is 2.54. The SMILES string of the molecule is CC#CCCC(NC)c1cc(Cl)ccc1C. The molecule has 0 amide bonds. The Morgan fingerprint density at radius 1 is 1.44 bits per heavy atom. The molecule has 0 aliphatic rings. The van der Waals surface area contributed by atoms with Crippen LogP contribution in [0.15, 0.2) is 18.2 Å². The second-order valence-corrected chi connectivity index (χ2v) is 4.24. The van der Waals surface area contributed by atoms with Gasteiger partial charge >= 0.3 is 0 Å². The number of hydrogen-bond acceptors (Lipinski definition) is 1. The van der Waals surface area contributed by atoms with E-state index in [1.54, 1.807) is 0 Å². The maximum atomic E-state index is 6.02. The van der Waals surface area contributed by atoms with E-state index in [2.05, 4.69) is 30.1 Å². The quantitative estimate of drug-likeness (QED) is 0.785. The molecule has 0 saturated heterocycles. The van der Waals surface area contributed by atoms with Crippen molar-refractivity contribution in [3.8, 4) is 11.8 Å². The van der Waals surface area contributed by atoms with Crippen LogP contribution in [0.3, 0.4) is 0 Å². The molecule has 0 aliphatic carbocycles. The predicted octanol–water partition coefficient (Wildman–Crippen LogP) is 3.71. The fourth-order valence-corrected chi connectivity index (χ4v) is 1.96. The Labute approximate surface area is 103 Å². The minimum atomic E-state index is 0.333. The van der Waals surface area contributed by atoms with E-state index < -0.39 is 0 Å². The largest absolute Gasteiger partial charge is 0.313 e. The fourth-order valence-electron chi connectivity index (χ4n) is 1.78. The highest BCUT2D eigenvalue weighted by atomic mass is 35.5. The van der Waals surface area contributed by atoms with Crippen LogP contribution in [0, 0.1) is 18.8 Å². The first-order valence-electron chi connectivity index (χ1n) is 5.52. The van der Waals surface area contributed by atoms with Gasteiger partial charge in [0, 0.05) is 17.5 Å². The monoisotopic (exact) mass is 235 g/mol. The second-order valence-electron chi connectivity index (χ2n) is 3.81. The van der Waals surface area contributed by atoms with Crippen molar-refractivity contribution >= 4 is 11.6 Å². The third-order valence-electron chi connectivity index (χ3n) is 2.70. The Kier molecular flexibility index (Phi) is 5.38. The molecule has 0 spiro atoms. The van der Waals surface area contributed by atoms with Gasteiger partial charge in [0.05, 0.1) is 0 Å². The Morgan fingerprint density at radius 2 is 2.19 bits per heavy atom. The number of nitrogens with one attached hydrogen (secondary N) is 1. The van der Waals surface area contributed by atoms with Crippen molar-refractivity contribution in [2.45, 2.75) is 32.7 Å². The summed E-state index contributed by atoms with van der Waals surface area (Å²) in [6, 6.07) is 6.36.